The molecule has 1 aromatic carbocycles. The largest absolute Gasteiger partial charge is 0.346 e. The van der Waals surface area contributed by atoms with Gasteiger partial charge in [-0.05, 0) is 50.0 Å². The van der Waals surface area contributed by atoms with Crippen LogP contribution in [0.2, 0.25) is 0 Å². The predicted octanol–water partition coefficient (Wildman–Crippen LogP) is 3.02. The third kappa shape index (κ3) is 2.71. The van der Waals surface area contributed by atoms with Crippen LogP contribution in [0.1, 0.15) is 29.9 Å². The molecule has 0 radical (unpaired) electrons. The smallest absolute Gasteiger partial charge is 0.333 e. The Morgan fingerprint density at radius 2 is 2.08 bits per heavy atom. The second-order valence-corrected chi connectivity index (χ2v) is 7.37. The van der Waals surface area contributed by atoms with Crippen molar-refractivity contribution in [2.45, 2.75) is 25.4 Å². The van der Waals surface area contributed by atoms with Crippen LogP contribution in [-0.2, 0) is 0 Å². The molecule has 3 saturated heterocycles. The lowest BCUT2D eigenvalue weighted by atomic mass is 9.84. The van der Waals surface area contributed by atoms with Crippen LogP contribution in [-0.4, -0.2) is 46.3 Å². The van der Waals surface area contributed by atoms with Gasteiger partial charge in [-0.15, -0.1) is 0 Å². The average Bonchev–Trinajstić information content (AvgIpc) is 2.95. The van der Waals surface area contributed by atoms with Gasteiger partial charge in [0.15, 0.2) is 5.69 Å². The standard InChI is InChI=1S/C16H17BrF2N4O/c17-10-1-2-11-13(7-10)23(16(18)19)21-14(11)15(24)20-12-8-22-5-3-9(12)4-6-22/h1-2,7,9,12,16H,3-6,8H2,(H,20,24)/t12-/m1/s1. The molecule has 5 nitrogen and oxygen atoms in total. The molecule has 128 valence electrons. The van der Waals surface area contributed by atoms with Gasteiger partial charge in [-0.25, -0.2) is 4.68 Å². The van der Waals surface area contributed by atoms with E-state index in [2.05, 4.69) is 31.2 Å². The van der Waals surface area contributed by atoms with Crippen molar-refractivity contribution in [2.75, 3.05) is 19.6 Å². The Kier molecular flexibility index (Phi) is 4.04. The first-order valence-corrected chi connectivity index (χ1v) is 8.81. The number of alkyl halides is 2. The van der Waals surface area contributed by atoms with Crippen LogP contribution >= 0.6 is 15.9 Å². The van der Waals surface area contributed by atoms with E-state index in [9.17, 15) is 13.6 Å². The minimum Gasteiger partial charge on any atom is -0.346 e. The van der Waals surface area contributed by atoms with E-state index in [1.807, 2.05) is 0 Å². The molecule has 2 bridgehead atoms. The number of hydrogen-bond donors (Lipinski definition) is 1. The van der Waals surface area contributed by atoms with Gasteiger partial charge in [0.2, 0.25) is 0 Å². The average molecular weight is 399 g/mol. The molecule has 5 rings (SSSR count). The summed E-state index contributed by atoms with van der Waals surface area (Å²) in [5.74, 6) is 0.0945. The van der Waals surface area contributed by atoms with E-state index >= 15 is 0 Å². The van der Waals surface area contributed by atoms with Crippen molar-refractivity contribution >= 4 is 32.7 Å². The number of piperidine rings is 3. The molecular weight excluding hydrogens is 382 g/mol. The topological polar surface area (TPSA) is 50.2 Å². The van der Waals surface area contributed by atoms with Crippen LogP contribution in [0, 0.1) is 5.92 Å². The zero-order chi connectivity index (χ0) is 16.8. The van der Waals surface area contributed by atoms with E-state index in [-0.39, 0.29) is 23.2 Å². The lowest BCUT2D eigenvalue weighted by Crippen LogP contribution is -2.57. The van der Waals surface area contributed by atoms with Crippen molar-refractivity contribution in [3.05, 3.63) is 28.4 Å². The fourth-order valence-corrected chi connectivity index (χ4v) is 4.14. The maximum atomic E-state index is 13.2. The summed E-state index contributed by atoms with van der Waals surface area (Å²) >= 11 is 3.27. The molecule has 0 unspecified atom stereocenters. The molecule has 3 aliphatic rings. The predicted molar refractivity (Wildman–Crippen MR) is 89.1 cm³/mol. The molecule has 8 heteroatoms. The van der Waals surface area contributed by atoms with E-state index in [0.717, 1.165) is 32.5 Å². The number of carbonyl (C=O) groups excluding carboxylic acids is 1. The summed E-state index contributed by atoms with van der Waals surface area (Å²) in [6.07, 6.45) is 2.15. The molecule has 4 heterocycles. The molecule has 1 atom stereocenters. The van der Waals surface area contributed by atoms with Gasteiger partial charge in [-0.1, -0.05) is 15.9 Å². The van der Waals surface area contributed by atoms with E-state index in [1.54, 1.807) is 18.2 Å². The lowest BCUT2D eigenvalue weighted by molar-refractivity contribution is 0.0578. The first kappa shape index (κ1) is 16.0. The van der Waals surface area contributed by atoms with Crippen molar-refractivity contribution in [3.8, 4) is 0 Å². The van der Waals surface area contributed by atoms with Crippen LogP contribution in [0.4, 0.5) is 8.78 Å². The van der Waals surface area contributed by atoms with Crippen molar-refractivity contribution in [3.63, 3.8) is 0 Å². The summed E-state index contributed by atoms with van der Waals surface area (Å²) in [6, 6.07) is 5.00. The van der Waals surface area contributed by atoms with Crippen LogP contribution < -0.4 is 5.32 Å². The van der Waals surface area contributed by atoms with Gasteiger partial charge >= 0.3 is 6.55 Å². The highest BCUT2D eigenvalue weighted by Crippen LogP contribution is 2.29. The van der Waals surface area contributed by atoms with Gasteiger partial charge in [-0.3, -0.25) is 4.79 Å². The van der Waals surface area contributed by atoms with Gasteiger partial charge in [0.25, 0.3) is 5.91 Å². The summed E-state index contributed by atoms with van der Waals surface area (Å²) in [4.78, 5) is 15.0. The summed E-state index contributed by atoms with van der Waals surface area (Å²) in [7, 11) is 0. The first-order chi connectivity index (χ1) is 11.5. The van der Waals surface area contributed by atoms with E-state index < -0.39 is 6.55 Å². The number of hydrogen-bond acceptors (Lipinski definition) is 3. The summed E-state index contributed by atoms with van der Waals surface area (Å²) in [5, 5.41) is 7.33. The van der Waals surface area contributed by atoms with Crippen molar-refractivity contribution in [1.29, 1.82) is 0 Å². The highest BCUT2D eigenvalue weighted by molar-refractivity contribution is 9.10. The molecule has 24 heavy (non-hydrogen) atoms. The second-order valence-electron chi connectivity index (χ2n) is 6.45. The van der Waals surface area contributed by atoms with E-state index in [0.29, 0.717) is 20.5 Å². The number of nitrogens with one attached hydrogen (secondary N) is 1. The maximum Gasteiger partial charge on any atom is 0.333 e. The first-order valence-electron chi connectivity index (χ1n) is 8.02. The molecule has 0 spiro atoms. The number of fused-ring (bicyclic) bond motifs is 4. The monoisotopic (exact) mass is 398 g/mol. The van der Waals surface area contributed by atoms with Crippen molar-refractivity contribution < 1.29 is 13.6 Å². The minimum absolute atomic E-state index is 0.0641. The minimum atomic E-state index is -2.79. The second kappa shape index (κ2) is 6.07. The normalized spacial score (nSPS) is 26.2. The Bertz CT molecular complexity index is 786. The molecule has 3 aliphatic heterocycles. The third-order valence-corrected chi connectivity index (χ3v) is 5.54. The number of rotatable bonds is 3. The van der Waals surface area contributed by atoms with Gasteiger partial charge in [0.1, 0.15) is 0 Å². The number of nitrogens with zero attached hydrogens (tertiary/aromatic N) is 3. The Morgan fingerprint density at radius 3 is 2.71 bits per heavy atom. The number of halogens is 3. The SMILES string of the molecule is O=C(N[C@@H]1CN2CCC1CC2)c1nn(C(F)F)c2cc(Br)ccc12. The molecule has 2 aromatic rings. The van der Waals surface area contributed by atoms with Crippen LogP contribution in [0.3, 0.4) is 0 Å². The highest BCUT2D eigenvalue weighted by atomic mass is 79.9. The van der Waals surface area contributed by atoms with Gasteiger partial charge in [0, 0.05) is 22.4 Å². The lowest BCUT2D eigenvalue weighted by Gasteiger charge is -2.44. The molecular formula is C16H17BrF2N4O. The zero-order valence-electron chi connectivity index (χ0n) is 12.9. The van der Waals surface area contributed by atoms with E-state index in [1.165, 1.54) is 0 Å². The number of carbonyl (C=O) groups is 1. The Hall–Kier alpha value is -1.54. The van der Waals surface area contributed by atoms with Crippen LogP contribution in [0.25, 0.3) is 10.9 Å². The molecule has 1 N–H and O–H groups in total. The van der Waals surface area contributed by atoms with Crippen LogP contribution in [0.15, 0.2) is 22.7 Å². The molecule has 0 saturated carbocycles. The fourth-order valence-electron chi connectivity index (χ4n) is 3.79. The van der Waals surface area contributed by atoms with Gasteiger partial charge in [-0.2, -0.15) is 13.9 Å². The van der Waals surface area contributed by atoms with Crippen LogP contribution in [0.5, 0.6) is 0 Å². The number of amides is 1. The molecule has 1 aromatic heterocycles. The molecule has 3 fully saturated rings. The van der Waals surface area contributed by atoms with Gasteiger partial charge in [0.05, 0.1) is 5.52 Å². The number of aromatic nitrogens is 2. The molecule has 1 amide bonds. The maximum absolute atomic E-state index is 13.2. The van der Waals surface area contributed by atoms with Gasteiger partial charge < -0.3 is 10.2 Å². The Labute approximate surface area is 146 Å². The Balaban J connectivity index is 1.65. The summed E-state index contributed by atoms with van der Waals surface area (Å²) < 4.78 is 27.7. The van der Waals surface area contributed by atoms with Crippen molar-refractivity contribution in [2.24, 2.45) is 5.92 Å². The third-order valence-electron chi connectivity index (χ3n) is 5.04. The quantitative estimate of drug-likeness (QED) is 0.864. The summed E-state index contributed by atoms with van der Waals surface area (Å²) in [5.41, 5.74) is 0.313. The Morgan fingerprint density at radius 1 is 1.33 bits per heavy atom. The number of benzene rings is 1. The fraction of sp³-hybridized carbons (Fsp3) is 0.500. The molecule has 0 aliphatic carbocycles. The summed E-state index contributed by atoms with van der Waals surface area (Å²) in [6.45, 7) is 0.192. The highest BCUT2D eigenvalue weighted by Gasteiger charge is 2.35. The zero-order valence-corrected chi connectivity index (χ0v) is 14.5. The van der Waals surface area contributed by atoms with Crippen molar-refractivity contribution in [1.82, 2.24) is 20.0 Å². The van der Waals surface area contributed by atoms with E-state index in [4.69, 9.17) is 0 Å².